The number of hydrogen-bond donors (Lipinski definition) is 1. The predicted molar refractivity (Wildman–Crippen MR) is 106 cm³/mol. The lowest BCUT2D eigenvalue weighted by atomic mass is 9.98. The quantitative estimate of drug-likeness (QED) is 0.512. The third-order valence-corrected chi connectivity index (χ3v) is 4.91. The van der Waals surface area contributed by atoms with Crippen LogP contribution < -0.4 is 19.9 Å². The molecule has 0 saturated carbocycles. The highest BCUT2D eigenvalue weighted by atomic mass is 32.1. The number of aromatic nitrogens is 1. The largest absolute Gasteiger partial charge is 0.493 e. The fourth-order valence-corrected chi connectivity index (χ4v) is 3.40. The molecule has 0 bridgehead atoms. The van der Waals surface area contributed by atoms with Gasteiger partial charge in [0.25, 0.3) is 0 Å². The smallest absolute Gasteiger partial charge is 0.203 e. The maximum atomic E-state index is 13.1. The number of rotatable bonds is 6. The second kappa shape index (κ2) is 7.67. The van der Waals surface area contributed by atoms with E-state index in [4.69, 9.17) is 19.9 Å². The minimum Gasteiger partial charge on any atom is -0.493 e. The van der Waals surface area contributed by atoms with E-state index < -0.39 is 0 Å². The molecule has 0 aliphatic heterocycles. The SMILES string of the molecule is COc1cc(C(=O)c2cc(-c3csc(C)n3)ccc2N)cc(OC)c1OC. The molecule has 140 valence electrons. The number of thiazole rings is 1. The Morgan fingerprint density at radius 1 is 1.04 bits per heavy atom. The highest BCUT2D eigenvalue weighted by Gasteiger charge is 2.20. The number of nitrogen functional groups attached to an aromatic ring is 1. The van der Waals surface area contributed by atoms with Crippen molar-refractivity contribution < 1.29 is 19.0 Å². The summed E-state index contributed by atoms with van der Waals surface area (Å²) in [4.78, 5) is 17.6. The van der Waals surface area contributed by atoms with E-state index in [9.17, 15) is 4.79 Å². The van der Waals surface area contributed by atoms with Crippen molar-refractivity contribution in [1.29, 1.82) is 0 Å². The van der Waals surface area contributed by atoms with E-state index in [2.05, 4.69) is 4.98 Å². The Kier molecular flexibility index (Phi) is 5.32. The van der Waals surface area contributed by atoms with Crippen molar-refractivity contribution in [2.45, 2.75) is 6.92 Å². The van der Waals surface area contributed by atoms with Gasteiger partial charge in [-0.05, 0) is 31.2 Å². The van der Waals surface area contributed by atoms with Crippen LogP contribution in [0.25, 0.3) is 11.3 Å². The van der Waals surface area contributed by atoms with Crippen molar-refractivity contribution >= 4 is 22.8 Å². The Morgan fingerprint density at radius 3 is 2.22 bits per heavy atom. The third kappa shape index (κ3) is 3.59. The van der Waals surface area contributed by atoms with Gasteiger partial charge in [-0.2, -0.15) is 0 Å². The van der Waals surface area contributed by atoms with Crippen LogP contribution in [0.5, 0.6) is 17.2 Å². The lowest BCUT2D eigenvalue weighted by molar-refractivity contribution is 0.103. The lowest BCUT2D eigenvalue weighted by Gasteiger charge is -2.14. The molecule has 3 aromatic rings. The highest BCUT2D eigenvalue weighted by Crippen LogP contribution is 2.39. The Bertz CT molecular complexity index is 972. The zero-order valence-electron chi connectivity index (χ0n) is 15.5. The summed E-state index contributed by atoms with van der Waals surface area (Å²) in [7, 11) is 4.52. The van der Waals surface area contributed by atoms with Crippen molar-refractivity contribution in [3.63, 3.8) is 0 Å². The van der Waals surface area contributed by atoms with E-state index in [1.807, 2.05) is 18.4 Å². The van der Waals surface area contributed by atoms with Gasteiger partial charge in [-0.15, -0.1) is 11.3 Å². The van der Waals surface area contributed by atoms with E-state index >= 15 is 0 Å². The van der Waals surface area contributed by atoms with E-state index in [0.29, 0.717) is 34.1 Å². The van der Waals surface area contributed by atoms with Crippen LogP contribution in [0.3, 0.4) is 0 Å². The summed E-state index contributed by atoms with van der Waals surface area (Å²) in [6, 6.07) is 8.56. The Morgan fingerprint density at radius 2 is 1.70 bits per heavy atom. The minimum absolute atomic E-state index is 0.236. The molecule has 0 atom stereocenters. The molecule has 0 amide bonds. The highest BCUT2D eigenvalue weighted by molar-refractivity contribution is 7.09. The summed E-state index contributed by atoms with van der Waals surface area (Å²) in [6.45, 7) is 1.94. The number of carbonyl (C=O) groups is 1. The molecule has 6 nitrogen and oxygen atoms in total. The van der Waals surface area contributed by atoms with E-state index in [1.165, 1.54) is 21.3 Å². The third-order valence-electron chi connectivity index (χ3n) is 4.14. The first kappa shape index (κ1) is 18.7. The van der Waals surface area contributed by atoms with Crippen LogP contribution >= 0.6 is 11.3 Å². The zero-order chi connectivity index (χ0) is 19.6. The summed E-state index contributed by atoms with van der Waals surface area (Å²) in [6.07, 6.45) is 0. The number of methoxy groups -OCH3 is 3. The van der Waals surface area contributed by atoms with Gasteiger partial charge in [0.1, 0.15) is 0 Å². The second-order valence-electron chi connectivity index (χ2n) is 5.80. The van der Waals surface area contributed by atoms with Gasteiger partial charge in [0.2, 0.25) is 5.75 Å². The average Bonchev–Trinajstić information content (AvgIpc) is 3.12. The zero-order valence-corrected chi connectivity index (χ0v) is 16.3. The topological polar surface area (TPSA) is 83.7 Å². The molecule has 0 radical (unpaired) electrons. The summed E-state index contributed by atoms with van der Waals surface area (Å²) in [5, 5.41) is 2.91. The second-order valence-corrected chi connectivity index (χ2v) is 6.86. The maximum Gasteiger partial charge on any atom is 0.203 e. The molecule has 0 spiro atoms. The van der Waals surface area contributed by atoms with Gasteiger partial charge in [0.15, 0.2) is 17.3 Å². The fourth-order valence-electron chi connectivity index (χ4n) is 2.78. The van der Waals surface area contributed by atoms with Crippen molar-refractivity contribution in [3.05, 3.63) is 51.8 Å². The maximum absolute atomic E-state index is 13.1. The Balaban J connectivity index is 2.08. The molecule has 2 N–H and O–H groups in total. The van der Waals surface area contributed by atoms with Gasteiger partial charge in [-0.3, -0.25) is 4.79 Å². The lowest BCUT2D eigenvalue weighted by Crippen LogP contribution is -2.07. The van der Waals surface area contributed by atoms with E-state index in [1.54, 1.807) is 35.6 Å². The number of ether oxygens (including phenoxy) is 3. The Labute approximate surface area is 161 Å². The van der Waals surface area contributed by atoms with Crippen molar-refractivity contribution in [3.8, 4) is 28.5 Å². The summed E-state index contributed by atoms with van der Waals surface area (Å²) in [5.74, 6) is 1.01. The van der Waals surface area contributed by atoms with Crippen molar-refractivity contribution in [2.75, 3.05) is 27.1 Å². The molecule has 1 heterocycles. The number of ketones is 1. The molecule has 0 aliphatic rings. The Hall–Kier alpha value is -3.06. The first-order chi connectivity index (χ1) is 13.0. The summed E-state index contributed by atoms with van der Waals surface area (Å²) in [5.41, 5.74) is 8.92. The summed E-state index contributed by atoms with van der Waals surface area (Å²) >= 11 is 1.55. The number of anilines is 1. The standard InChI is InChI=1S/C20H20N2O4S/c1-11-22-16(10-27-11)12-5-6-15(21)14(7-12)19(23)13-8-17(24-2)20(26-4)18(9-13)25-3/h5-10H,21H2,1-4H3. The van der Waals surface area contributed by atoms with E-state index in [-0.39, 0.29) is 5.78 Å². The van der Waals surface area contributed by atoms with Crippen molar-refractivity contribution in [2.24, 2.45) is 0 Å². The van der Waals surface area contributed by atoms with Crippen LogP contribution in [0.15, 0.2) is 35.7 Å². The van der Waals surface area contributed by atoms with Crippen LogP contribution in [0.4, 0.5) is 5.69 Å². The van der Waals surface area contributed by atoms with Gasteiger partial charge >= 0.3 is 0 Å². The van der Waals surface area contributed by atoms with Gasteiger partial charge in [-0.25, -0.2) is 4.98 Å². The number of hydrogen-bond acceptors (Lipinski definition) is 7. The molecule has 0 fully saturated rings. The number of carbonyl (C=O) groups excluding carboxylic acids is 1. The molecular weight excluding hydrogens is 364 g/mol. The molecule has 2 aromatic carbocycles. The first-order valence-electron chi connectivity index (χ1n) is 8.15. The van der Waals surface area contributed by atoms with E-state index in [0.717, 1.165) is 16.3 Å². The van der Waals surface area contributed by atoms with Crippen LogP contribution in [-0.4, -0.2) is 32.1 Å². The molecule has 7 heteroatoms. The van der Waals surface area contributed by atoms with Crippen LogP contribution in [0.2, 0.25) is 0 Å². The first-order valence-corrected chi connectivity index (χ1v) is 9.03. The molecule has 27 heavy (non-hydrogen) atoms. The van der Waals surface area contributed by atoms with Crippen molar-refractivity contribution in [1.82, 2.24) is 4.98 Å². The average molecular weight is 384 g/mol. The van der Waals surface area contributed by atoms with Gasteiger partial charge in [-0.1, -0.05) is 6.07 Å². The summed E-state index contributed by atoms with van der Waals surface area (Å²) < 4.78 is 16.0. The van der Waals surface area contributed by atoms with Crippen LogP contribution in [-0.2, 0) is 0 Å². The number of nitrogens with zero attached hydrogens (tertiary/aromatic N) is 1. The van der Waals surface area contributed by atoms with Crippen LogP contribution in [0, 0.1) is 6.92 Å². The van der Waals surface area contributed by atoms with Gasteiger partial charge in [0.05, 0.1) is 32.0 Å². The fraction of sp³-hybridized carbons (Fsp3) is 0.200. The molecule has 3 rings (SSSR count). The van der Waals surface area contributed by atoms with Crippen LogP contribution in [0.1, 0.15) is 20.9 Å². The molecule has 0 unspecified atom stereocenters. The molecular formula is C20H20N2O4S. The van der Waals surface area contributed by atoms with Gasteiger partial charge < -0.3 is 19.9 Å². The monoisotopic (exact) mass is 384 g/mol. The molecule has 0 saturated heterocycles. The number of aryl methyl sites for hydroxylation is 1. The number of benzene rings is 2. The predicted octanol–water partition coefficient (Wildman–Crippen LogP) is 3.96. The normalized spacial score (nSPS) is 10.5. The molecule has 0 aliphatic carbocycles. The number of nitrogens with two attached hydrogens (primary N) is 1. The van der Waals surface area contributed by atoms with Gasteiger partial charge in [0, 0.05) is 27.8 Å². The molecule has 1 aromatic heterocycles. The minimum atomic E-state index is -0.236.